The molecule has 1 aliphatic carbocycles. The van der Waals surface area contributed by atoms with Crippen LogP contribution in [0.2, 0.25) is 0 Å². The first kappa shape index (κ1) is 17.1. The zero-order valence-electron chi connectivity index (χ0n) is 13.6. The van der Waals surface area contributed by atoms with Gasteiger partial charge in [-0.15, -0.1) is 0 Å². The minimum absolute atomic E-state index is 0.265. The van der Waals surface area contributed by atoms with Crippen LogP contribution < -0.4 is 15.4 Å². The Hall–Kier alpha value is -2.30. The molecule has 1 aromatic carbocycles. The normalized spacial score (nSPS) is 13.9. The lowest BCUT2D eigenvalue weighted by Gasteiger charge is -2.13. The van der Waals surface area contributed by atoms with E-state index in [-0.39, 0.29) is 6.54 Å². The summed E-state index contributed by atoms with van der Waals surface area (Å²) >= 11 is 0. The molecular formula is C18H24N2O3. The number of hydrogen-bond acceptors (Lipinski definition) is 3. The highest BCUT2D eigenvalue weighted by atomic mass is 16.5. The second kappa shape index (κ2) is 8.98. The summed E-state index contributed by atoms with van der Waals surface area (Å²) in [5.74, 6) is -0.512. The molecule has 1 aromatic rings. The fraction of sp³-hybridized carbons (Fsp3) is 0.444. The monoisotopic (exact) mass is 316 g/mol. The largest absolute Gasteiger partial charge is 0.496 e. The minimum atomic E-state index is -0.617. The summed E-state index contributed by atoms with van der Waals surface area (Å²) in [7, 11) is 1.58. The lowest BCUT2D eigenvalue weighted by molar-refractivity contribution is -0.139. The summed E-state index contributed by atoms with van der Waals surface area (Å²) in [4.78, 5) is 23.6. The first-order chi connectivity index (χ1) is 11.2. The van der Waals surface area contributed by atoms with Crippen LogP contribution in [-0.2, 0) is 16.1 Å². The number of methoxy groups -OCH3 is 1. The van der Waals surface area contributed by atoms with E-state index in [1.54, 1.807) is 7.11 Å². The molecule has 0 atom stereocenters. The van der Waals surface area contributed by atoms with E-state index in [0.717, 1.165) is 24.8 Å². The Kier molecular flexibility index (Phi) is 6.66. The molecule has 0 fully saturated rings. The fourth-order valence-corrected chi connectivity index (χ4v) is 2.65. The van der Waals surface area contributed by atoms with Gasteiger partial charge in [0.1, 0.15) is 5.75 Å². The molecule has 0 unspecified atom stereocenters. The van der Waals surface area contributed by atoms with E-state index in [1.807, 2.05) is 24.3 Å². The molecule has 0 heterocycles. The minimum Gasteiger partial charge on any atom is -0.496 e. The van der Waals surface area contributed by atoms with Crippen LogP contribution in [0.25, 0.3) is 0 Å². The fourth-order valence-electron chi connectivity index (χ4n) is 2.65. The van der Waals surface area contributed by atoms with Crippen molar-refractivity contribution in [2.24, 2.45) is 0 Å². The van der Waals surface area contributed by atoms with Crippen molar-refractivity contribution in [1.29, 1.82) is 0 Å². The molecule has 23 heavy (non-hydrogen) atoms. The van der Waals surface area contributed by atoms with E-state index < -0.39 is 11.8 Å². The summed E-state index contributed by atoms with van der Waals surface area (Å²) in [6.45, 7) is 0.772. The Labute approximate surface area is 137 Å². The van der Waals surface area contributed by atoms with Gasteiger partial charge in [0.15, 0.2) is 0 Å². The third kappa shape index (κ3) is 5.43. The van der Waals surface area contributed by atoms with E-state index >= 15 is 0 Å². The Balaban J connectivity index is 1.72. The van der Waals surface area contributed by atoms with Crippen LogP contribution in [0.15, 0.2) is 35.9 Å². The Morgan fingerprint density at radius 3 is 2.65 bits per heavy atom. The highest BCUT2D eigenvalue weighted by molar-refractivity contribution is 6.35. The molecule has 124 valence electrons. The van der Waals surface area contributed by atoms with Gasteiger partial charge < -0.3 is 15.4 Å². The number of allylic oxidation sites excluding steroid dienone is 1. The number of rotatable bonds is 6. The average Bonchev–Trinajstić information content (AvgIpc) is 2.60. The third-order valence-corrected chi connectivity index (χ3v) is 3.95. The van der Waals surface area contributed by atoms with Crippen molar-refractivity contribution in [3.63, 3.8) is 0 Å². The van der Waals surface area contributed by atoms with Gasteiger partial charge in [0, 0.05) is 18.7 Å². The molecule has 0 aromatic heterocycles. The van der Waals surface area contributed by atoms with Gasteiger partial charge in [0.25, 0.3) is 0 Å². The number of nitrogens with one attached hydrogen (secondary N) is 2. The zero-order valence-corrected chi connectivity index (χ0v) is 13.6. The molecule has 5 nitrogen and oxygen atoms in total. The van der Waals surface area contributed by atoms with Crippen molar-refractivity contribution in [3.8, 4) is 5.75 Å². The number of hydrogen-bond donors (Lipinski definition) is 2. The van der Waals surface area contributed by atoms with Gasteiger partial charge >= 0.3 is 11.8 Å². The Morgan fingerprint density at radius 2 is 1.91 bits per heavy atom. The van der Waals surface area contributed by atoms with E-state index in [4.69, 9.17) is 4.74 Å². The third-order valence-electron chi connectivity index (χ3n) is 3.95. The van der Waals surface area contributed by atoms with Crippen LogP contribution in [0.5, 0.6) is 5.75 Å². The first-order valence-electron chi connectivity index (χ1n) is 8.06. The van der Waals surface area contributed by atoms with Gasteiger partial charge in [-0.2, -0.15) is 0 Å². The maximum absolute atomic E-state index is 11.8. The van der Waals surface area contributed by atoms with Crippen LogP contribution in [0.1, 0.15) is 37.7 Å². The van der Waals surface area contributed by atoms with Crippen molar-refractivity contribution in [1.82, 2.24) is 10.6 Å². The summed E-state index contributed by atoms with van der Waals surface area (Å²) in [5, 5.41) is 5.29. The van der Waals surface area contributed by atoms with E-state index in [1.165, 1.54) is 18.4 Å². The van der Waals surface area contributed by atoms with Crippen molar-refractivity contribution in [2.45, 2.75) is 38.6 Å². The molecule has 0 saturated heterocycles. The predicted molar refractivity (Wildman–Crippen MR) is 89.0 cm³/mol. The second-order valence-corrected chi connectivity index (χ2v) is 5.61. The highest BCUT2D eigenvalue weighted by Gasteiger charge is 2.13. The summed E-state index contributed by atoms with van der Waals surface area (Å²) in [6.07, 6.45) is 7.78. The number of amides is 2. The molecule has 2 amide bonds. The second-order valence-electron chi connectivity index (χ2n) is 5.61. The van der Waals surface area contributed by atoms with E-state index in [9.17, 15) is 9.59 Å². The van der Waals surface area contributed by atoms with Crippen molar-refractivity contribution in [3.05, 3.63) is 41.5 Å². The van der Waals surface area contributed by atoms with Crippen LogP contribution in [0.4, 0.5) is 0 Å². The van der Waals surface area contributed by atoms with Crippen molar-refractivity contribution < 1.29 is 14.3 Å². The van der Waals surface area contributed by atoms with Crippen molar-refractivity contribution in [2.75, 3.05) is 13.7 Å². The first-order valence-corrected chi connectivity index (χ1v) is 8.06. The van der Waals surface area contributed by atoms with Crippen LogP contribution >= 0.6 is 0 Å². The summed E-state index contributed by atoms with van der Waals surface area (Å²) < 4.78 is 5.21. The van der Waals surface area contributed by atoms with Gasteiger partial charge in [0.05, 0.1) is 7.11 Å². The van der Waals surface area contributed by atoms with Crippen LogP contribution in [-0.4, -0.2) is 25.5 Å². The maximum atomic E-state index is 11.8. The topological polar surface area (TPSA) is 67.4 Å². The maximum Gasteiger partial charge on any atom is 0.309 e. The summed E-state index contributed by atoms with van der Waals surface area (Å²) in [6, 6.07) is 7.39. The van der Waals surface area contributed by atoms with E-state index in [2.05, 4.69) is 16.7 Å². The van der Waals surface area contributed by atoms with E-state index in [0.29, 0.717) is 12.3 Å². The highest BCUT2D eigenvalue weighted by Crippen LogP contribution is 2.19. The molecule has 0 spiro atoms. The number of para-hydroxylation sites is 1. The number of carbonyl (C=O) groups is 2. The SMILES string of the molecule is COc1ccccc1CNC(=O)C(=O)NCCC1=CCCCC1. The lowest BCUT2D eigenvalue weighted by Crippen LogP contribution is -2.40. The lowest BCUT2D eigenvalue weighted by atomic mass is 9.97. The van der Waals surface area contributed by atoms with Crippen LogP contribution in [0.3, 0.4) is 0 Å². The molecular weight excluding hydrogens is 292 g/mol. The smallest absolute Gasteiger partial charge is 0.309 e. The standard InChI is InChI=1S/C18H24N2O3/c1-23-16-10-6-5-9-15(16)13-20-18(22)17(21)19-12-11-14-7-3-2-4-8-14/h5-7,9-10H,2-4,8,11-13H2,1H3,(H,19,21)(H,20,22). The van der Waals surface area contributed by atoms with Crippen molar-refractivity contribution >= 4 is 11.8 Å². The predicted octanol–water partition coefficient (Wildman–Crippen LogP) is 2.32. The van der Waals surface area contributed by atoms with Gasteiger partial charge in [-0.05, 0) is 38.2 Å². The molecule has 0 aliphatic heterocycles. The molecule has 1 aliphatic rings. The zero-order chi connectivity index (χ0) is 16.5. The number of carbonyl (C=O) groups excluding carboxylic acids is 2. The van der Waals surface area contributed by atoms with Gasteiger partial charge in [0.2, 0.25) is 0 Å². The molecule has 0 bridgehead atoms. The summed E-state index contributed by atoms with van der Waals surface area (Å²) in [5.41, 5.74) is 2.22. The average molecular weight is 316 g/mol. The van der Waals surface area contributed by atoms with Crippen LogP contribution in [0, 0.1) is 0 Å². The van der Waals surface area contributed by atoms with Gasteiger partial charge in [-0.3, -0.25) is 9.59 Å². The Bertz CT molecular complexity index is 581. The quantitative estimate of drug-likeness (QED) is 0.625. The number of benzene rings is 1. The van der Waals surface area contributed by atoms with Gasteiger partial charge in [-0.25, -0.2) is 0 Å². The molecule has 5 heteroatoms. The number of ether oxygens (including phenoxy) is 1. The molecule has 0 saturated carbocycles. The van der Waals surface area contributed by atoms with Gasteiger partial charge in [-0.1, -0.05) is 29.8 Å². The molecule has 0 radical (unpaired) electrons. The Morgan fingerprint density at radius 1 is 1.13 bits per heavy atom. The molecule has 2 rings (SSSR count). The molecule has 2 N–H and O–H groups in total.